The van der Waals surface area contributed by atoms with Crippen molar-refractivity contribution in [2.75, 3.05) is 39.8 Å². The Morgan fingerprint density at radius 1 is 1.08 bits per heavy atom. The Bertz CT molecular complexity index is 599. The van der Waals surface area contributed by atoms with Crippen molar-refractivity contribution in [1.82, 2.24) is 9.80 Å². The van der Waals surface area contributed by atoms with E-state index in [0.717, 1.165) is 24.4 Å². The highest BCUT2D eigenvalue weighted by atomic mass is 16.5. The molecular weight excluding hydrogens is 316 g/mol. The minimum atomic E-state index is -0.304. The van der Waals surface area contributed by atoms with Gasteiger partial charge < -0.3 is 9.64 Å². The normalized spacial score (nSPS) is 15.9. The number of methoxy groups -OCH3 is 1. The van der Waals surface area contributed by atoms with E-state index in [-0.39, 0.29) is 17.1 Å². The van der Waals surface area contributed by atoms with Gasteiger partial charge in [-0.1, -0.05) is 39.0 Å². The first-order chi connectivity index (χ1) is 11.8. The van der Waals surface area contributed by atoms with Crippen LogP contribution in [0.3, 0.4) is 0 Å². The van der Waals surface area contributed by atoms with Crippen LogP contribution in [0.4, 0.5) is 0 Å². The Hall–Kier alpha value is -1.88. The smallest absolute Gasteiger partial charge is 0.222 e. The van der Waals surface area contributed by atoms with Gasteiger partial charge in [-0.3, -0.25) is 14.5 Å². The maximum absolute atomic E-state index is 12.5. The second-order valence-corrected chi connectivity index (χ2v) is 7.64. The average molecular weight is 346 g/mol. The van der Waals surface area contributed by atoms with Crippen LogP contribution in [-0.2, 0) is 16.0 Å². The molecule has 0 bridgehead atoms. The first-order valence-electron chi connectivity index (χ1n) is 8.96. The van der Waals surface area contributed by atoms with E-state index in [1.54, 1.807) is 7.11 Å². The zero-order valence-corrected chi connectivity index (χ0v) is 15.9. The summed E-state index contributed by atoms with van der Waals surface area (Å²) in [6.45, 7) is 9.26. The first-order valence-corrected chi connectivity index (χ1v) is 8.96. The number of hydrogen-bond acceptors (Lipinski definition) is 4. The summed E-state index contributed by atoms with van der Waals surface area (Å²) in [5.41, 5.74) is 0.759. The number of piperazine rings is 1. The van der Waals surface area contributed by atoms with Crippen LogP contribution >= 0.6 is 0 Å². The number of benzene rings is 1. The second-order valence-electron chi connectivity index (χ2n) is 7.64. The number of amides is 1. The molecule has 0 spiro atoms. The third-order valence-corrected chi connectivity index (χ3v) is 4.73. The highest BCUT2D eigenvalue weighted by Gasteiger charge is 2.26. The predicted octanol–water partition coefficient (Wildman–Crippen LogP) is 2.39. The zero-order chi connectivity index (χ0) is 18.4. The number of aryl methyl sites for hydroxylation is 1. The molecule has 1 aromatic rings. The van der Waals surface area contributed by atoms with Gasteiger partial charge in [-0.25, -0.2) is 0 Å². The van der Waals surface area contributed by atoms with Crippen LogP contribution < -0.4 is 4.74 Å². The van der Waals surface area contributed by atoms with Gasteiger partial charge in [0.2, 0.25) is 5.91 Å². The summed E-state index contributed by atoms with van der Waals surface area (Å²) in [6.07, 6.45) is 1.17. The van der Waals surface area contributed by atoms with E-state index >= 15 is 0 Å². The van der Waals surface area contributed by atoms with E-state index < -0.39 is 0 Å². The van der Waals surface area contributed by atoms with Gasteiger partial charge in [0.15, 0.2) is 5.78 Å². The molecule has 0 radical (unpaired) electrons. The maximum atomic E-state index is 12.5. The van der Waals surface area contributed by atoms with Crippen molar-refractivity contribution in [3.63, 3.8) is 0 Å². The minimum absolute atomic E-state index is 0.174. The van der Waals surface area contributed by atoms with Crippen molar-refractivity contribution in [1.29, 1.82) is 0 Å². The van der Waals surface area contributed by atoms with Crippen molar-refractivity contribution >= 4 is 11.7 Å². The van der Waals surface area contributed by atoms with Gasteiger partial charge in [-0.15, -0.1) is 0 Å². The fourth-order valence-corrected chi connectivity index (χ4v) is 2.90. The Kier molecular flexibility index (Phi) is 6.59. The van der Waals surface area contributed by atoms with Gasteiger partial charge in [0, 0.05) is 38.0 Å². The molecule has 5 nitrogen and oxygen atoms in total. The van der Waals surface area contributed by atoms with Gasteiger partial charge in [-0.2, -0.15) is 0 Å². The van der Waals surface area contributed by atoms with E-state index in [9.17, 15) is 9.59 Å². The summed E-state index contributed by atoms with van der Waals surface area (Å²) in [7, 11) is 1.65. The molecule has 138 valence electrons. The standard InChI is InChI=1S/C20H30N2O3/c1-20(2,3)18(23)15-21-11-13-22(14-12-21)19(24)10-9-16-7-5-6-8-17(16)25-4/h5-8H,9-15H2,1-4H3. The fraction of sp³-hybridized carbons (Fsp3) is 0.600. The molecule has 1 aliphatic heterocycles. The highest BCUT2D eigenvalue weighted by molar-refractivity contribution is 5.85. The summed E-state index contributed by atoms with van der Waals surface area (Å²) in [4.78, 5) is 28.7. The lowest BCUT2D eigenvalue weighted by atomic mass is 9.90. The number of rotatable bonds is 6. The van der Waals surface area contributed by atoms with E-state index in [4.69, 9.17) is 4.74 Å². The number of nitrogens with zero attached hydrogens (tertiary/aromatic N) is 2. The van der Waals surface area contributed by atoms with E-state index in [2.05, 4.69) is 4.90 Å². The second kappa shape index (κ2) is 8.48. The lowest BCUT2D eigenvalue weighted by molar-refractivity contribution is -0.133. The number of carbonyl (C=O) groups is 2. The molecule has 1 amide bonds. The molecule has 0 unspecified atom stereocenters. The van der Waals surface area contributed by atoms with Crippen molar-refractivity contribution in [2.45, 2.75) is 33.6 Å². The number of hydrogen-bond donors (Lipinski definition) is 0. The topological polar surface area (TPSA) is 49.9 Å². The van der Waals surface area contributed by atoms with E-state index in [0.29, 0.717) is 32.5 Å². The lowest BCUT2D eigenvalue weighted by Crippen LogP contribution is -2.50. The summed E-state index contributed by atoms with van der Waals surface area (Å²) < 4.78 is 5.34. The SMILES string of the molecule is COc1ccccc1CCC(=O)N1CCN(CC(=O)C(C)(C)C)CC1. The molecule has 0 aromatic heterocycles. The maximum Gasteiger partial charge on any atom is 0.222 e. The van der Waals surface area contributed by atoms with Gasteiger partial charge in [-0.05, 0) is 18.1 Å². The Morgan fingerprint density at radius 3 is 2.32 bits per heavy atom. The molecule has 0 atom stereocenters. The number of para-hydroxylation sites is 1. The third-order valence-electron chi connectivity index (χ3n) is 4.73. The molecule has 1 aromatic carbocycles. The monoisotopic (exact) mass is 346 g/mol. The number of carbonyl (C=O) groups excluding carboxylic acids is 2. The van der Waals surface area contributed by atoms with Gasteiger partial charge in [0.25, 0.3) is 0 Å². The van der Waals surface area contributed by atoms with Crippen molar-refractivity contribution in [2.24, 2.45) is 5.41 Å². The summed E-state index contributed by atoms with van der Waals surface area (Å²) in [5.74, 6) is 1.26. The molecule has 1 aliphatic rings. The van der Waals surface area contributed by atoms with Crippen molar-refractivity contribution in [3.05, 3.63) is 29.8 Å². The Balaban J connectivity index is 1.78. The molecular formula is C20H30N2O3. The number of ether oxygens (including phenoxy) is 1. The van der Waals surface area contributed by atoms with Crippen LogP contribution in [0.1, 0.15) is 32.8 Å². The molecule has 0 aliphatic carbocycles. The summed E-state index contributed by atoms with van der Waals surface area (Å²) in [5, 5.41) is 0. The van der Waals surface area contributed by atoms with Crippen LogP contribution in [0.25, 0.3) is 0 Å². The van der Waals surface area contributed by atoms with Gasteiger partial charge >= 0.3 is 0 Å². The molecule has 1 heterocycles. The molecule has 0 saturated carbocycles. The van der Waals surface area contributed by atoms with Crippen LogP contribution in [0, 0.1) is 5.41 Å². The van der Waals surface area contributed by atoms with E-state index in [1.807, 2.05) is 49.9 Å². The van der Waals surface area contributed by atoms with Crippen molar-refractivity contribution < 1.29 is 14.3 Å². The average Bonchev–Trinajstić information content (AvgIpc) is 2.59. The predicted molar refractivity (Wildman–Crippen MR) is 98.8 cm³/mol. The Labute approximate surface area is 150 Å². The quantitative estimate of drug-likeness (QED) is 0.794. The van der Waals surface area contributed by atoms with E-state index in [1.165, 1.54) is 0 Å². The zero-order valence-electron chi connectivity index (χ0n) is 15.9. The highest BCUT2D eigenvalue weighted by Crippen LogP contribution is 2.20. The fourth-order valence-electron chi connectivity index (χ4n) is 2.90. The van der Waals surface area contributed by atoms with Crippen LogP contribution in [0.15, 0.2) is 24.3 Å². The summed E-state index contributed by atoms with van der Waals surface area (Å²) in [6, 6.07) is 7.82. The first kappa shape index (κ1) is 19.4. The lowest BCUT2D eigenvalue weighted by Gasteiger charge is -2.35. The molecule has 0 N–H and O–H groups in total. The molecule has 25 heavy (non-hydrogen) atoms. The molecule has 1 saturated heterocycles. The van der Waals surface area contributed by atoms with Crippen LogP contribution in [0.2, 0.25) is 0 Å². The number of ketones is 1. The third kappa shape index (κ3) is 5.56. The van der Waals surface area contributed by atoms with Crippen LogP contribution in [-0.4, -0.2) is 61.3 Å². The summed E-state index contributed by atoms with van der Waals surface area (Å²) >= 11 is 0. The minimum Gasteiger partial charge on any atom is -0.496 e. The van der Waals surface area contributed by atoms with Crippen LogP contribution in [0.5, 0.6) is 5.75 Å². The van der Waals surface area contributed by atoms with Gasteiger partial charge in [0.05, 0.1) is 13.7 Å². The molecule has 1 fully saturated rings. The van der Waals surface area contributed by atoms with Gasteiger partial charge in [0.1, 0.15) is 5.75 Å². The molecule has 5 heteroatoms. The Morgan fingerprint density at radius 2 is 1.72 bits per heavy atom. The largest absolute Gasteiger partial charge is 0.496 e. The van der Waals surface area contributed by atoms with Crippen molar-refractivity contribution in [3.8, 4) is 5.75 Å². The number of Topliss-reactive ketones (excluding diaryl/α,β-unsaturated/α-hetero) is 1. The molecule has 2 rings (SSSR count).